The zero-order valence-corrected chi connectivity index (χ0v) is 20.8. The third-order valence-electron chi connectivity index (χ3n) is 5.59. The Labute approximate surface area is 179 Å². The monoisotopic (exact) mass is 551 g/mol. The summed E-state index contributed by atoms with van der Waals surface area (Å²) in [6, 6.07) is 19.1. The van der Waals surface area contributed by atoms with Crippen LogP contribution in [0.3, 0.4) is 0 Å². The molecule has 0 saturated heterocycles. The molecule has 0 unspecified atom stereocenters. The van der Waals surface area contributed by atoms with Crippen molar-refractivity contribution >= 4 is 55.0 Å². The van der Waals surface area contributed by atoms with Crippen LogP contribution in [0.2, 0.25) is 0 Å². The van der Waals surface area contributed by atoms with Gasteiger partial charge in [-0.25, -0.2) is 0 Å². The first-order chi connectivity index (χ1) is 12.8. The predicted octanol–water partition coefficient (Wildman–Crippen LogP) is 6.38. The van der Waals surface area contributed by atoms with E-state index in [4.69, 9.17) is 26.4 Å². The summed E-state index contributed by atoms with van der Waals surface area (Å²) in [5.41, 5.74) is 7.42. The third kappa shape index (κ3) is 2.89. The van der Waals surface area contributed by atoms with E-state index in [9.17, 15) is 0 Å². The molecule has 3 aromatic carbocycles. The van der Waals surface area contributed by atoms with Crippen LogP contribution < -0.4 is 6.54 Å². The van der Waals surface area contributed by atoms with Gasteiger partial charge in [-0.2, -0.15) is 0 Å². The Hall–Kier alpha value is -0.307. The van der Waals surface area contributed by atoms with Gasteiger partial charge < -0.3 is 0 Å². The van der Waals surface area contributed by atoms with Gasteiger partial charge in [0.2, 0.25) is 0 Å². The van der Waals surface area contributed by atoms with Crippen molar-refractivity contribution in [1.82, 2.24) is 0 Å². The van der Waals surface area contributed by atoms with Crippen LogP contribution >= 0.6 is 42.3 Å². The summed E-state index contributed by atoms with van der Waals surface area (Å²) >= 11 is -1.13. The molecule has 0 atom stereocenters. The van der Waals surface area contributed by atoms with E-state index in [-0.39, 0.29) is 0 Å². The van der Waals surface area contributed by atoms with Crippen LogP contribution in [0.1, 0.15) is 22.3 Å². The number of halogens is 3. The molecular weight excluding hydrogens is 538 g/mol. The van der Waals surface area contributed by atoms with Crippen molar-refractivity contribution in [2.24, 2.45) is 0 Å². The van der Waals surface area contributed by atoms with E-state index in [1.54, 1.807) is 0 Å². The van der Waals surface area contributed by atoms with Crippen LogP contribution in [0.15, 0.2) is 65.1 Å². The first kappa shape index (κ1) is 18.7. The second-order valence-corrected chi connectivity index (χ2v) is 34.1. The Morgan fingerprint density at radius 3 is 2.52 bits per heavy atom. The van der Waals surface area contributed by atoms with E-state index in [0.717, 1.165) is 29.4 Å². The minimum atomic E-state index is -4.81. The molecule has 0 aromatic heterocycles. The molecule has 0 aliphatic heterocycles. The maximum absolute atomic E-state index is 7.43. The number of hydrogen-bond acceptors (Lipinski definition) is 1. The van der Waals surface area contributed by atoms with Crippen LogP contribution in [0.5, 0.6) is 0 Å². The predicted molar refractivity (Wildman–Crippen MR) is 122 cm³/mol. The normalized spacial score (nSPS) is 15.8. The molecule has 0 saturated carbocycles. The minimum absolute atomic E-state index is 0.900. The fourth-order valence-corrected chi connectivity index (χ4v) is 17.5. The van der Waals surface area contributed by atoms with E-state index in [1.807, 2.05) is 0 Å². The Morgan fingerprint density at radius 1 is 0.889 bits per heavy atom. The molecule has 27 heavy (non-hydrogen) atoms. The molecule has 5 heteroatoms. The van der Waals surface area contributed by atoms with Gasteiger partial charge in [0, 0.05) is 0 Å². The molecule has 5 rings (SSSR count). The number of fused-ring (bicyclic) bond motifs is 4. The van der Waals surface area contributed by atoms with Crippen molar-refractivity contribution in [2.45, 2.75) is 12.8 Å². The second-order valence-electron chi connectivity index (χ2n) is 7.27. The Morgan fingerprint density at radius 2 is 1.67 bits per heavy atom. The van der Waals surface area contributed by atoms with E-state index in [1.165, 1.54) is 27.8 Å². The van der Waals surface area contributed by atoms with E-state index >= 15 is 0 Å². The SMILES string of the molecule is [SH][Zr]([Cl])([Cl])([c]1cccc2c1C=CC2)[c]1cc(Br)cc2c1-c1ccccc1C2. The summed E-state index contributed by atoms with van der Waals surface area (Å²) < 4.78 is 3.02. The molecule has 2 aliphatic rings. The molecule has 0 radical (unpaired) electrons. The molecular formula is C22H16BrCl2SZr. The molecule has 0 amide bonds. The molecule has 0 spiro atoms. The summed E-state index contributed by atoms with van der Waals surface area (Å²) in [7, 11) is 20.0. The molecule has 0 bridgehead atoms. The van der Waals surface area contributed by atoms with Gasteiger partial charge in [-0.3, -0.25) is 0 Å². The number of thiol groups is 1. The van der Waals surface area contributed by atoms with Gasteiger partial charge in [0.25, 0.3) is 0 Å². The van der Waals surface area contributed by atoms with Crippen molar-refractivity contribution < 1.29 is 14.9 Å². The molecule has 135 valence electrons. The summed E-state index contributed by atoms with van der Waals surface area (Å²) in [5.74, 6) is 0. The van der Waals surface area contributed by atoms with Crippen LogP contribution in [-0.4, -0.2) is 0 Å². The van der Waals surface area contributed by atoms with Crippen molar-refractivity contribution in [2.75, 3.05) is 0 Å². The summed E-state index contributed by atoms with van der Waals surface area (Å²) in [4.78, 5) is 0. The third-order valence-corrected chi connectivity index (χ3v) is 20.3. The topological polar surface area (TPSA) is 0 Å². The fourth-order valence-electron chi connectivity index (χ4n) is 4.39. The molecule has 0 fully saturated rings. The average Bonchev–Trinajstić information content (AvgIpc) is 3.24. The van der Waals surface area contributed by atoms with E-state index in [2.05, 4.69) is 82.7 Å². The first-order valence-corrected chi connectivity index (χ1v) is 22.2. The molecule has 3 aromatic rings. The van der Waals surface area contributed by atoms with Gasteiger partial charge in [-0.05, 0) is 0 Å². The number of hydrogen-bond donors (Lipinski definition) is 1. The van der Waals surface area contributed by atoms with Gasteiger partial charge in [0.05, 0.1) is 0 Å². The molecule has 0 nitrogen and oxygen atoms in total. The van der Waals surface area contributed by atoms with Crippen LogP contribution in [-0.2, 0) is 27.8 Å². The standard InChI is InChI=1S/C13H8Br.C9H7.2ClH.H2S.Zr/c14-11-5-6-13-10(8-11)7-9-3-1-2-4-12(9)13;1-2-5-9-7-3-6-8(9)4-1;;;;/h1-5,8H,7H2;1-4,7H,6H2;2*1H;1H2;/q;;;;;+3/p-3. The Bertz CT molecular complexity index is 1140. The van der Waals surface area contributed by atoms with E-state index in [0.29, 0.717) is 0 Å². The quantitative estimate of drug-likeness (QED) is 0.273. The van der Waals surface area contributed by atoms with Gasteiger partial charge in [-0.1, -0.05) is 0 Å². The van der Waals surface area contributed by atoms with Gasteiger partial charge in [0.1, 0.15) is 0 Å². The average molecular weight is 554 g/mol. The summed E-state index contributed by atoms with van der Waals surface area (Å²) in [5, 5.41) is 0. The summed E-state index contributed by atoms with van der Waals surface area (Å²) in [6.07, 6.45) is 6.14. The first-order valence-electron chi connectivity index (χ1n) is 8.86. The van der Waals surface area contributed by atoms with Crippen molar-refractivity contribution in [3.63, 3.8) is 0 Å². The zero-order valence-electron chi connectivity index (χ0n) is 14.3. The fraction of sp³-hybridized carbons (Fsp3) is 0.0909. The van der Waals surface area contributed by atoms with E-state index < -0.39 is 14.9 Å². The molecule has 2 aliphatic carbocycles. The summed E-state index contributed by atoms with van der Waals surface area (Å²) in [6.45, 7) is 0. The number of rotatable bonds is 2. The zero-order chi connectivity index (χ0) is 18.8. The Balaban J connectivity index is 1.84. The van der Waals surface area contributed by atoms with Crippen molar-refractivity contribution in [1.29, 1.82) is 0 Å². The number of benzene rings is 3. The Kier molecular flexibility index (Phi) is 4.40. The number of allylic oxidation sites excluding steroid dienone is 1. The van der Waals surface area contributed by atoms with Gasteiger partial charge >= 0.3 is 181 Å². The maximum atomic E-state index is 7.43. The molecule has 0 N–H and O–H groups in total. The van der Waals surface area contributed by atoms with Gasteiger partial charge in [-0.15, -0.1) is 0 Å². The molecule has 0 heterocycles. The van der Waals surface area contributed by atoms with Gasteiger partial charge in [0.15, 0.2) is 0 Å². The van der Waals surface area contributed by atoms with Crippen LogP contribution in [0, 0.1) is 0 Å². The van der Waals surface area contributed by atoms with Crippen LogP contribution in [0.25, 0.3) is 17.2 Å². The van der Waals surface area contributed by atoms with Crippen LogP contribution in [0.4, 0.5) is 0 Å². The van der Waals surface area contributed by atoms with Crippen molar-refractivity contribution in [3.05, 3.63) is 87.4 Å². The second kappa shape index (κ2) is 6.34. The van der Waals surface area contributed by atoms with Crippen molar-refractivity contribution in [3.8, 4) is 11.1 Å².